The summed E-state index contributed by atoms with van der Waals surface area (Å²) in [6.45, 7) is 4.31. The van der Waals surface area contributed by atoms with Crippen molar-refractivity contribution in [1.82, 2.24) is 0 Å². The maximum Gasteiger partial charge on any atom is 0.309 e. The zero-order chi connectivity index (χ0) is 23.1. The van der Waals surface area contributed by atoms with E-state index >= 15 is 0 Å². The first-order valence-electron chi connectivity index (χ1n) is 11.8. The fourth-order valence-corrected chi connectivity index (χ4v) is 8.32. The summed E-state index contributed by atoms with van der Waals surface area (Å²) in [5.41, 5.74) is -1.23. The van der Waals surface area contributed by atoms with Crippen molar-refractivity contribution in [2.75, 3.05) is 14.2 Å². The van der Waals surface area contributed by atoms with Gasteiger partial charge in [0, 0.05) is 29.6 Å². The molecule has 7 heteroatoms. The van der Waals surface area contributed by atoms with Gasteiger partial charge < -0.3 is 19.3 Å². The summed E-state index contributed by atoms with van der Waals surface area (Å²) in [4.78, 5) is 37.1. The van der Waals surface area contributed by atoms with Gasteiger partial charge in [-0.15, -0.1) is 0 Å². The van der Waals surface area contributed by atoms with Crippen molar-refractivity contribution in [2.45, 2.75) is 82.5 Å². The van der Waals surface area contributed by atoms with E-state index in [-0.39, 0.29) is 47.5 Å². The average molecular weight is 447 g/mol. The summed E-state index contributed by atoms with van der Waals surface area (Å²) in [7, 11) is 2.78. The van der Waals surface area contributed by atoms with Gasteiger partial charge in [-0.3, -0.25) is 14.4 Å². The third-order valence-electron chi connectivity index (χ3n) is 10.2. The van der Waals surface area contributed by atoms with Crippen LogP contribution < -0.4 is 0 Å². The van der Waals surface area contributed by atoms with Crippen molar-refractivity contribution in [3.63, 3.8) is 0 Å². The molecule has 176 valence electrons. The van der Waals surface area contributed by atoms with Crippen LogP contribution in [0, 0.1) is 28.6 Å². The van der Waals surface area contributed by atoms with Crippen LogP contribution >= 0.6 is 0 Å². The molecular weight excluding hydrogens is 412 g/mol. The van der Waals surface area contributed by atoms with E-state index in [1.54, 1.807) is 6.08 Å². The zero-order valence-electron chi connectivity index (χ0n) is 19.4. The van der Waals surface area contributed by atoms with Gasteiger partial charge in [0.2, 0.25) is 0 Å². The van der Waals surface area contributed by atoms with Crippen molar-refractivity contribution >= 4 is 17.7 Å². The van der Waals surface area contributed by atoms with Gasteiger partial charge in [0.25, 0.3) is 0 Å². The largest absolute Gasteiger partial charge is 0.469 e. The Morgan fingerprint density at radius 2 is 1.97 bits per heavy atom. The fraction of sp³-hybridized carbons (Fsp3) is 0.800. The van der Waals surface area contributed by atoms with Crippen molar-refractivity contribution in [3.8, 4) is 0 Å². The number of epoxide rings is 1. The second kappa shape index (κ2) is 6.89. The number of methoxy groups -OCH3 is 2. The lowest BCUT2D eigenvalue weighted by molar-refractivity contribution is -0.163. The van der Waals surface area contributed by atoms with Crippen molar-refractivity contribution in [3.05, 3.63) is 11.6 Å². The number of hydrogen-bond acceptors (Lipinski definition) is 7. The number of esters is 2. The second-order valence-corrected chi connectivity index (χ2v) is 11.1. The minimum Gasteiger partial charge on any atom is -0.469 e. The first-order chi connectivity index (χ1) is 15.1. The molecule has 5 rings (SSSR count). The lowest BCUT2D eigenvalue weighted by atomic mass is 9.43. The molecule has 1 N–H and O–H groups in total. The lowest BCUT2D eigenvalue weighted by Gasteiger charge is -2.58. The van der Waals surface area contributed by atoms with Gasteiger partial charge in [-0.25, -0.2) is 0 Å². The van der Waals surface area contributed by atoms with E-state index in [9.17, 15) is 19.5 Å². The lowest BCUT2D eigenvalue weighted by Crippen LogP contribution is -2.63. The third kappa shape index (κ3) is 2.58. The molecule has 32 heavy (non-hydrogen) atoms. The third-order valence-corrected chi connectivity index (χ3v) is 10.2. The Morgan fingerprint density at radius 3 is 2.66 bits per heavy atom. The van der Waals surface area contributed by atoms with Crippen LogP contribution in [0.4, 0.5) is 0 Å². The highest BCUT2D eigenvalue weighted by Crippen LogP contribution is 2.77. The zero-order valence-corrected chi connectivity index (χ0v) is 19.4. The van der Waals surface area contributed by atoms with Gasteiger partial charge in [0.05, 0.1) is 31.8 Å². The SMILES string of the molecule is COC(=O)CC[C@]1(O)CC[C@H]2[C@@H]3[C@H](C(=O)OC)CC4=CC(=O)CC[C@]4(C)C34O[C@H]4C[C@@]21C. The molecule has 3 saturated carbocycles. The van der Waals surface area contributed by atoms with Crippen molar-refractivity contribution in [1.29, 1.82) is 0 Å². The van der Waals surface area contributed by atoms with Crippen LogP contribution in [0.2, 0.25) is 0 Å². The van der Waals surface area contributed by atoms with E-state index in [1.165, 1.54) is 14.2 Å². The highest BCUT2D eigenvalue weighted by atomic mass is 16.6. The van der Waals surface area contributed by atoms with Crippen LogP contribution in [0.1, 0.15) is 65.2 Å². The molecule has 8 atom stereocenters. The quantitative estimate of drug-likeness (QED) is 0.523. The van der Waals surface area contributed by atoms with Gasteiger partial charge >= 0.3 is 11.9 Å². The molecule has 0 aromatic carbocycles. The highest BCUT2D eigenvalue weighted by molar-refractivity contribution is 5.92. The van der Waals surface area contributed by atoms with Gasteiger partial charge in [-0.05, 0) is 50.5 Å². The van der Waals surface area contributed by atoms with E-state index in [0.717, 1.165) is 18.4 Å². The van der Waals surface area contributed by atoms with E-state index in [2.05, 4.69) is 13.8 Å². The van der Waals surface area contributed by atoms with E-state index in [1.807, 2.05) is 0 Å². The summed E-state index contributed by atoms with van der Waals surface area (Å²) in [5.74, 6) is -0.878. The molecule has 4 aliphatic carbocycles. The minimum absolute atomic E-state index is 0.0731. The van der Waals surface area contributed by atoms with Crippen LogP contribution in [0.5, 0.6) is 0 Å². The predicted molar refractivity (Wildman–Crippen MR) is 113 cm³/mol. The standard InChI is InChI=1S/C25H34O7/c1-22-8-5-15(26)11-14(22)12-16(21(28)31-4)20-17-6-9-24(29,10-7-19(27)30-3)23(17,2)13-18-25(20,22)32-18/h11,16-18,20,29H,5-10,12-13H2,1-4H3/t16-,17+,18+,20+,22+,23+,24-,25?/m1/s1. The van der Waals surface area contributed by atoms with Gasteiger partial charge in [0.15, 0.2) is 5.78 Å². The van der Waals surface area contributed by atoms with Gasteiger partial charge in [-0.1, -0.05) is 19.4 Å². The summed E-state index contributed by atoms with van der Waals surface area (Å²) in [6, 6.07) is 0. The van der Waals surface area contributed by atoms with Crippen molar-refractivity contribution in [2.24, 2.45) is 28.6 Å². The molecule has 4 fully saturated rings. The summed E-state index contributed by atoms with van der Waals surface area (Å²) >= 11 is 0. The molecule has 1 unspecified atom stereocenters. The molecule has 0 aromatic heterocycles. The number of ether oxygens (including phenoxy) is 3. The second-order valence-electron chi connectivity index (χ2n) is 11.1. The first kappa shape index (κ1) is 22.1. The molecular formula is C25H34O7. The van der Waals surface area contributed by atoms with E-state index in [0.29, 0.717) is 32.1 Å². The smallest absolute Gasteiger partial charge is 0.309 e. The number of carbonyl (C=O) groups excluding carboxylic acids is 3. The fourth-order valence-electron chi connectivity index (χ4n) is 8.32. The molecule has 5 aliphatic rings. The van der Waals surface area contributed by atoms with Crippen LogP contribution in [-0.4, -0.2) is 54.4 Å². The Labute approximate surface area is 188 Å². The number of hydrogen-bond donors (Lipinski definition) is 1. The molecule has 1 spiro atoms. The first-order valence-corrected chi connectivity index (χ1v) is 11.8. The average Bonchev–Trinajstić information content (AvgIpc) is 3.43. The van der Waals surface area contributed by atoms with E-state index in [4.69, 9.17) is 14.2 Å². The number of ketones is 1. The number of rotatable bonds is 4. The van der Waals surface area contributed by atoms with Gasteiger partial charge in [-0.2, -0.15) is 0 Å². The molecule has 1 heterocycles. The monoisotopic (exact) mass is 446 g/mol. The Hall–Kier alpha value is -1.73. The molecule has 1 aliphatic heterocycles. The molecule has 1 saturated heterocycles. The van der Waals surface area contributed by atoms with E-state index < -0.39 is 22.5 Å². The molecule has 0 radical (unpaired) electrons. The predicted octanol–water partition coefficient (Wildman–Crippen LogP) is 2.73. The van der Waals surface area contributed by atoms with Crippen LogP contribution in [0.25, 0.3) is 0 Å². The molecule has 0 amide bonds. The van der Waals surface area contributed by atoms with Gasteiger partial charge in [0.1, 0.15) is 5.60 Å². The summed E-state index contributed by atoms with van der Waals surface area (Å²) in [6.07, 6.45) is 5.98. The Morgan fingerprint density at radius 1 is 1.22 bits per heavy atom. The van der Waals surface area contributed by atoms with Crippen LogP contribution in [0.15, 0.2) is 11.6 Å². The highest BCUT2D eigenvalue weighted by Gasteiger charge is 2.82. The Balaban J connectivity index is 1.56. The van der Waals surface area contributed by atoms with Crippen molar-refractivity contribution < 1.29 is 33.7 Å². The number of carbonyl (C=O) groups is 3. The van der Waals surface area contributed by atoms with Crippen LogP contribution in [0.3, 0.4) is 0 Å². The summed E-state index contributed by atoms with van der Waals surface area (Å²) < 4.78 is 16.6. The Bertz CT molecular complexity index is 910. The maximum atomic E-state index is 13.0. The minimum atomic E-state index is -1.01. The van der Waals surface area contributed by atoms with Crippen LogP contribution in [-0.2, 0) is 28.6 Å². The maximum absolute atomic E-state index is 13.0. The summed E-state index contributed by atoms with van der Waals surface area (Å²) in [5, 5.41) is 11.8. The molecule has 0 bridgehead atoms. The normalized spacial score (nSPS) is 48.5. The molecule has 0 aromatic rings. The topological polar surface area (TPSA) is 102 Å². The molecule has 7 nitrogen and oxygen atoms in total. The Kier molecular flexibility index (Phi) is 4.75. The number of fused-ring (bicyclic) bond motifs is 3. The number of aliphatic hydroxyl groups is 1.